The quantitative estimate of drug-likeness (QED) is 0.628. The summed E-state index contributed by atoms with van der Waals surface area (Å²) >= 11 is 3.33. The lowest BCUT2D eigenvalue weighted by Crippen LogP contribution is -2.34. The largest absolute Gasteiger partial charge is 0.383 e. The van der Waals surface area contributed by atoms with Gasteiger partial charge in [-0.05, 0) is 47.0 Å². The molecule has 1 aromatic carbocycles. The van der Waals surface area contributed by atoms with E-state index in [0.29, 0.717) is 16.6 Å². The van der Waals surface area contributed by atoms with Crippen molar-refractivity contribution in [3.63, 3.8) is 0 Å². The predicted molar refractivity (Wildman–Crippen MR) is 97.1 cm³/mol. The van der Waals surface area contributed by atoms with Crippen LogP contribution in [-0.2, 0) is 19.5 Å². The zero-order valence-corrected chi connectivity index (χ0v) is 16.7. The molecule has 7 nitrogen and oxygen atoms in total. The Morgan fingerprint density at radius 1 is 1.48 bits per heavy atom. The van der Waals surface area contributed by atoms with E-state index >= 15 is 0 Å². The fourth-order valence-corrected chi connectivity index (χ4v) is 4.03. The Morgan fingerprint density at radius 3 is 2.88 bits per heavy atom. The van der Waals surface area contributed by atoms with E-state index in [1.165, 1.54) is 19.2 Å². The van der Waals surface area contributed by atoms with Crippen molar-refractivity contribution in [1.29, 1.82) is 0 Å². The number of nitrogens with zero attached hydrogens (tertiary/aromatic N) is 1. The topological polar surface area (TPSA) is 84.9 Å². The van der Waals surface area contributed by atoms with Gasteiger partial charge in [0.2, 0.25) is 10.0 Å². The van der Waals surface area contributed by atoms with E-state index < -0.39 is 10.0 Å². The van der Waals surface area contributed by atoms with E-state index in [1.807, 2.05) is 0 Å². The third-order valence-electron chi connectivity index (χ3n) is 3.92. The van der Waals surface area contributed by atoms with Crippen LogP contribution in [0.5, 0.6) is 0 Å². The van der Waals surface area contributed by atoms with Crippen LogP contribution < -0.4 is 4.72 Å². The molecule has 1 saturated heterocycles. The average Bonchev–Trinajstić information content (AvgIpc) is 3.07. The first kappa shape index (κ1) is 20.3. The second kappa shape index (κ2) is 9.09. The smallest absolute Gasteiger partial charge is 0.254 e. The van der Waals surface area contributed by atoms with Gasteiger partial charge in [0, 0.05) is 38.3 Å². The number of sulfonamides is 1. The highest BCUT2D eigenvalue weighted by Gasteiger charge is 2.24. The zero-order chi connectivity index (χ0) is 18.4. The van der Waals surface area contributed by atoms with Crippen molar-refractivity contribution in [3.05, 3.63) is 28.2 Å². The van der Waals surface area contributed by atoms with Crippen LogP contribution in [0.2, 0.25) is 0 Å². The van der Waals surface area contributed by atoms with Gasteiger partial charge in [-0.3, -0.25) is 4.79 Å². The summed E-state index contributed by atoms with van der Waals surface area (Å²) in [5.41, 5.74) is 0.301. The summed E-state index contributed by atoms with van der Waals surface area (Å²) in [6.45, 7) is 1.63. The molecule has 1 aliphatic heterocycles. The van der Waals surface area contributed by atoms with E-state index in [2.05, 4.69) is 20.7 Å². The number of carbonyl (C=O) groups excluding carboxylic acids is 1. The van der Waals surface area contributed by atoms with Crippen molar-refractivity contribution in [2.45, 2.75) is 23.8 Å². The molecule has 1 aliphatic rings. The molecular weight excluding hydrogens is 412 g/mol. The maximum absolute atomic E-state index is 12.7. The maximum atomic E-state index is 12.7. The number of rotatable bonds is 8. The summed E-state index contributed by atoms with van der Waals surface area (Å²) in [7, 11) is -0.516. The highest BCUT2D eigenvalue weighted by atomic mass is 79.9. The van der Waals surface area contributed by atoms with Gasteiger partial charge in [-0.25, -0.2) is 13.1 Å². The normalized spacial score (nSPS) is 17.6. The van der Waals surface area contributed by atoms with E-state index in [1.54, 1.807) is 18.0 Å². The van der Waals surface area contributed by atoms with Crippen molar-refractivity contribution >= 4 is 31.9 Å². The molecule has 140 valence electrons. The van der Waals surface area contributed by atoms with Gasteiger partial charge in [0.25, 0.3) is 5.91 Å². The SMILES string of the molecule is COCCNS(=O)(=O)c1ccc(Br)c(C(=O)N(C)CC2CCCO2)c1. The molecule has 1 heterocycles. The van der Waals surface area contributed by atoms with Gasteiger partial charge in [-0.1, -0.05) is 0 Å². The number of hydrogen-bond acceptors (Lipinski definition) is 5. The molecule has 1 unspecified atom stereocenters. The Balaban J connectivity index is 2.15. The maximum Gasteiger partial charge on any atom is 0.254 e. The number of halogens is 1. The van der Waals surface area contributed by atoms with E-state index in [-0.39, 0.29) is 30.1 Å². The molecule has 0 aliphatic carbocycles. The van der Waals surface area contributed by atoms with Crippen molar-refractivity contribution in [3.8, 4) is 0 Å². The Hall–Kier alpha value is -1.00. The van der Waals surface area contributed by atoms with Gasteiger partial charge in [0.1, 0.15) is 0 Å². The second-order valence-corrected chi connectivity index (χ2v) is 8.47. The first-order valence-corrected chi connectivity index (χ1v) is 10.3. The minimum absolute atomic E-state index is 0.0374. The lowest BCUT2D eigenvalue weighted by atomic mass is 10.2. The Labute approximate surface area is 156 Å². The number of likely N-dealkylation sites (N-methyl/N-ethyl adjacent to an activating group) is 1. The van der Waals surface area contributed by atoms with Crippen LogP contribution in [0.25, 0.3) is 0 Å². The Kier molecular flexibility index (Phi) is 7.38. The van der Waals surface area contributed by atoms with Gasteiger partial charge in [0.05, 0.1) is 23.2 Å². The van der Waals surface area contributed by atoms with Gasteiger partial charge < -0.3 is 14.4 Å². The van der Waals surface area contributed by atoms with Crippen LogP contribution in [0, 0.1) is 0 Å². The fraction of sp³-hybridized carbons (Fsp3) is 0.562. The summed E-state index contributed by atoms with van der Waals surface area (Å²) in [4.78, 5) is 14.3. The number of ether oxygens (including phenoxy) is 2. The molecule has 25 heavy (non-hydrogen) atoms. The third kappa shape index (κ3) is 5.49. The van der Waals surface area contributed by atoms with Crippen LogP contribution in [0.15, 0.2) is 27.6 Å². The molecule has 1 fully saturated rings. The zero-order valence-electron chi connectivity index (χ0n) is 14.3. The molecule has 0 spiro atoms. The van der Waals surface area contributed by atoms with Crippen LogP contribution in [-0.4, -0.2) is 65.8 Å². The third-order valence-corrected chi connectivity index (χ3v) is 6.08. The summed E-state index contributed by atoms with van der Waals surface area (Å²) < 4.78 is 38.0. The lowest BCUT2D eigenvalue weighted by Gasteiger charge is -2.21. The van der Waals surface area contributed by atoms with E-state index in [4.69, 9.17) is 9.47 Å². The van der Waals surface area contributed by atoms with Gasteiger partial charge in [-0.2, -0.15) is 0 Å². The highest BCUT2D eigenvalue weighted by Crippen LogP contribution is 2.23. The number of amides is 1. The molecule has 1 N–H and O–H groups in total. The molecule has 0 saturated carbocycles. The summed E-state index contributed by atoms with van der Waals surface area (Å²) in [6.07, 6.45) is 1.96. The summed E-state index contributed by atoms with van der Waals surface area (Å²) in [6, 6.07) is 4.40. The minimum atomic E-state index is -3.70. The second-order valence-electron chi connectivity index (χ2n) is 5.85. The lowest BCUT2D eigenvalue weighted by molar-refractivity contribution is 0.0586. The first-order chi connectivity index (χ1) is 11.8. The van der Waals surface area contributed by atoms with Crippen molar-refractivity contribution in [2.75, 3.05) is 40.5 Å². The van der Waals surface area contributed by atoms with Crippen molar-refractivity contribution < 1.29 is 22.7 Å². The molecule has 1 atom stereocenters. The molecule has 1 amide bonds. The molecule has 0 aromatic heterocycles. The van der Waals surface area contributed by atoms with E-state index in [9.17, 15) is 13.2 Å². The monoisotopic (exact) mass is 434 g/mol. The standard InChI is InChI=1S/C16H23BrN2O5S/c1-19(11-12-4-3-8-24-12)16(20)14-10-13(5-6-15(14)17)25(21,22)18-7-9-23-2/h5-6,10,12,18H,3-4,7-9,11H2,1-2H3. The van der Waals surface area contributed by atoms with Crippen LogP contribution in [0.3, 0.4) is 0 Å². The molecule has 2 rings (SSSR count). The van der Waals surface area contributed by atoms with Crippen molar-refractivity contribution in [1.82, 2.24) is 9.62 Å². The number of methoxy groups -OCH3 is 1. The molecule has 1 aromatic rings. The first-order valence-electron chi connectivity index (χ1n) is 8.00. The Bertz CT molecular complexity index is 704. The number of carbonyl (C=O) groups is 1. The summed E-state index contributed by atoms with van der Waals surface area (Å²) in [5, 5.41) is 0. The number of benzene rings is 1. The molecule has 0 radical (unpaired) electrons. The highest BCUT2D eigenvalue weighted by molar-refractivity contribution is 9.10. The summed E-state index contributed by atoms with van der Waals surface area (Å²) in [5.74, 6) is -0.253. The fourth-order valence-electron chi connectivity index (χ4n) is 2.58. The predicted octanol–water partition coefficient (Wildman–Crippen LogP) is 1.62. The number of hydrogen-bond donors (Lipinski definition) is 1. The number of nitrogens with one attached hydrogen (secondary N) is 1. The van der Waals surface area contributed by atoms with Crippen LogP contribution >= 0.6 is 15.9 Å². The molecular formula is C16H23BrN2O5S. The Morgan fingerprint density at radius 2 is 2.24 bits per heavy atom. The minimum Gasteiger partial charge on any atom is -0.383 e. The van der Waals surface area contributed by atoms with Gasteiger partial charge in [-0.15, -0.1) is 0 Å². The average molecular weight is 435 g/mol. The van der Waals surface area contributed by atoms with Crippen LogP contribution in [0.4, 0.5) is 0 Å². The molecule has 0 bridgehead atoms. The van der Waals surface area contributed by atoms with Crippen LogP contribution in [0.1, 0.15) is 23.2 Å². The van der Waals surface area contributed by atoms with Gasteiger partial charge in [0.15, 0.2) is 0 Å². The van der Waals surface area contributed by atoms with E-state index in [0.717, 1.165) is 19.4 Å². The van der Waals surface area contributed by atoms with Crippen molar-refractivity contribution in [2.24, 2.45) is 0 Å². The molecule has 9 heteroatoms. The van der Waals surface area contributed by atoms with Gasteiger partial charge >= 0.3 is 0 Å².